The van der Waals surface area contributed by atoms with E-state index >= 15 is 0 Å². The third-order valence-corrected chi connectivity index (χ3v) is 7.76. The molecule has 0 radical (unpaired) electrons. The van der Waals surface area contributed by atoms with E-state index in [9.17, 15) is 18.0 Å². The van der Waals surface area contributed by atoms with E-state index in [0.717, 1.165) is 31.2 Å². The second-order valence-corrected chi connectivity index (χ2v) is 9.76. The average Bonchev–Trinajstić information content (AvgIpc) is 3.16. The molecule has 0 aromatic carbocycles. The number of hydrogen-bond donors (Lipinski definition) is 0. The first-order chi connectivity index (χ1) is 11.9. The lowest BCUT2D eigenvalue weighted by Crippen LogP contribution is -2.43. The van der Waals surface area contributed by atoms with Crippen LogP contribution in [0.3, 0.4) is 0 Å². The fourth-order valence-electron chi connectivity index (χ4n) is 3.61. The van der Waals surface area contributed by atoms with Crippen molar-refractivity contribution in [1.29, 1.82) is 0 Å². The maximum Gasteiger partial charge on any atom is 0.339 e. The Kier molecular flexibility index (Phi) is 5.48. The highest BCUT2D eigenvalue weighted by Crippen LogP contribution is 2.30. The summed E-state index contributed by atoms with van der Waals surface area (Å²) < 4.78 is 28.5. The predicted molar refractivity (Wildman–Crippen MR) is 95.7 cm³/mol. The molecular weight excluding hydrogens is 362 g/mol. The molecule has 1 amide bonds. The molecule has 2 heterocycles. The molecule has 1 aliphatic heterocycles. The van der Waals surface area contributed by atoms with Gasteiger partial charge in [-0.3, -0.25) is 4.79 Å². The number of esters is 1. The van der Waals surface area contributed by atoms with Crippen molar-refractivity contribution < 1.29 is 22.7 Å². The number of carbonyl (C=O) groups excluding carboxylic acids is 2. The molecule has 138 valence electrons. The minimum absolute atomic E-state index is 0.00142. The molecule has 1 fully saturated rings. The third kappa shape index (κ3) is 4.06. The van der Waals surface area contributed by atoms with Gasteiger partial charge >= 0.3 is 5.97 Å². The molecule has 1 aromatic rings. The highest BCUT2D eigenvalue weighted by Gasteiger charge is 2.34. The van der Waals surface area contributed by atoms with Gasteiger partial charge in [0.05, 0.1) is 17.1 Å². The van der Waals surface area contributed by atoms with Crippen LogP contribution in [0.4, 0.5) is 0 Å². The van der Waals surface area contributed by atoms with E-state index in [1.165, 1.54) is 9.78 Å². The number of fused-ring (bicyclic) bond motifs is 1. The number of aryl methyl sites for hydroxylation is 1. The molecule has 25 heavy (non-hydrogen) atoms. The van der Waals surface area contributed by atoms with Crippen molar-refractivity contribution in [2.75, 3.05) is 24.7 Å². The van der Waals surface area contributed by atoms with Crippen molar-refractivity contribution >= 4 is 33.1 Å². The van der Waals surface area contributed by atoms with Crippen LogP contribution in [0, 0.1) is 0 Å². The van der Waals surface area contributed by atoms with Crippen LogP contribution in [0.1, 0.15) is 47.0 Å². The zero-order chi connectivity index (χ0) is 18.0. The Morgan fingerprint density at radius 1 is 1.32 bits per heavy atom. The smallest absolute Gasteiger partial charge is 0.339 e. The average molecular weight is 386 g/mol. The van der Waals surface area contributed by atoms with E-state index in [-0.39, 0.29) is 30.1 Å². The Morgan fingerprint density at radius 2 is 2.08 bits per heavy atom. The van der Waals surface area contributed by atoms with Crippen molar-refractivity contribution in [3.8, 4) is 0 Å². The van der Waals surface area contributed by atoms with E-state index in [4.69, 9.17) is 4.74 Å². The second kappa shape index (κ2) is 7.45. The quantitative estimate of drug-likeness (QED) is 0.722. The van der Waals surface area contributed by atoms with E-state index in [1.807, 2.05) is 5.38 Å². The SMILES string of the molecule is CCN(C(=O)COC(=O)c1csc2c1CCCC2)[C@H]1CCS(=O)(=O)C1. The van der Waals surface area contributed by atoms with Gasteiger partial charge in [0.25, 0.3) is 5.91 Å². The Morgan fingerprint density at radius 3 is 2.76 bits per heavy atom. The van der Waals surface area contributed by atoms with Gasteiger partial charge in [-0.15, -0.1) is 11.3 Å². The van der Waals surface area contributed by atoms with Gasteiger partial charge in [-0.2, -0.15) is 0 Å². The molecule has 8 heteroatoms. The summed E-state index contributed by atoms with van der Waals surface area (Å²) in [4.78, 5) is 27.5. The lowest BCUT2D eigenvalue weighted by molar-refractivity contribution is -0.136. The Labute approximate surface area is 152 Å². The van der Waals surface area contributed by atoms with E-state index in [2.05, 4.69) is 0 Å². The number of likely N-dealkylation sites (N-methyl/N-ethyl adjacent to an activating group) is 1. The molecule has 0 N–H and O–H groups in total. The largest absolute Gasteiger partial charge is 0.452 e. The summed E-state index contributed by atoms with van der Waals surface area (Å²) in [6.07, 6.45) is 4.57. The van der Waals surface area contributed by atoms with Crippen molar-refractivity contribution in [1.82, 2.24) is 4.90 Å². The standard InChI is InChI=1S/C17H23NO5S2/c1-2-18(12-7-8-25(21,22)11-12)16(19)9-23-17(20)14-10-24-15-6-4-3-5-13(14)15/h10,12H,2-9,11H2,1H3/t12-/m0/s1. The van der Waals surface area contributed by atoms with Gasteiger partial charge in [0.15, 0.2) is 16.4 Å². The summed E-state index contributed by atoms with van der Waals surface area (Å²) in [7, 11) is -3.06. The summed E-state index contributed by atoms with van der Waals surface area (Å²) in [5.74, 6) is -0.675. The minimum atomic E-state index is -3.06. The Balaban J connectivity index is 1.59. The zero-order valence-electron chi connectivity index (χ0n) is 14.3. The van der Waals surface area contributed by atoms with Gasteiger partial charge in [-0.1, -0.05) is 0 Å². The molecular formula is C17H23NO5S2. The Hall–Kier alpha value is -1.41. The molecule has 0 spiro atoms. The first kappa shape index (κ1) is 18.4. The summed E-state index contributed by atoms with van der Waals surface area (Å²) >= 11 is 1.58. The number of sulfone groups is 1. The van der Waals surface area contributed by atoms with E-state index in [0.29, 0.717) is 18.5 Å². The van der Waals surface area contributed by atoms with Gasteiger partial charge < -0.3 is 9.64 Å². The molecule has 0 unspecified atom stereocenters. The predicted octanol–water partition coefficient (Wildman–Crippen LogP) is 1.82. The number of amides is 1. The van der Waals surface area contributed by atoms with Crippen LogP contribution in [-0.4, -0.2) is 55.9 Å². The maximum absolute atomic E-state index is 12.4. The van der Waals surface area contributed by atoms with Gasteiger partial charge in [0.2, 0.25) is 0 Å². The van der Waals surface area contributed by atoms with Crippen molar-refractivity contribution in [2.24, 2.45) is 0 Å². The van der Waals surface area contributed by atoms with E-state index in [1.54, 1.807) is 18.3 Å². The van der Waals surface area contributed by atoms with Crippen LogP contribution < -0.4 is 0 Å². The van der Waals surface area contributed by atoms with Crippen LogP contribution in [0.15, 0.2) is 5.38 Å². The zero-order valence-corrected chi connectivity index (χ0v) is 16.0. The molecule has 1 aliphatic carbocycles. The van der Waals surface area contributed by atoms with Crippen LogP contribution in [0.2, 0.25) is 0 Å². The van der Waals surface area contributed by atoms with Gasteiger partial charge in [-0.25, -0.2) is 13.2 Å². The molecule has 3 rings (SSSR count). The normalized spacial score (nSPS) is 21.6. The highest BCUT2D eigenvalue weighted by molar-refractivity contribution is 7.91. The summed E-state index contributed by atoms with van der Waals surface area (Å²) in [5, 5.41) is 1.82. The number of hydrogen-bond acceptors (Lipinski definition) is 6. The number of ether oxygens (including phenoxy) is 1. The number of carbonyl (C=O) groups is 2. The van der Waals surface area contributed by atoms with Crippen LogP contribution in [0.5, 0.6) is 0 Å². The van der Waals surface area contributed by atoms with Crippen LogP contribution >= 0.6 is 11.3 Å². The van der Waals surface area contributed by atoms with Gasteiger partial charge in [-0.05, 0) is 44.6 Å². The van der Waals surface area contributed by atoms with Gasteiger partial charge in [0, 0.05) is 22.8 Å². The fourth-order valence-corrected chi connectivity index (χ4v) is 6.46. The first-order valence-corrected chi connectivity index (χ1v) is 11.4. The number of thiophene rings is 1. The number of rotatable bonds is 5. The molecule has 6 nitrogen and oxygen atoms in total. The summed E-state index contributed by atoms with van der Waals surface area (Å²) in [5.41, 5.74) is 1.65. The minimum Gasteiger partial charge on any atom is -0.452 e. The van der Waals surface area contributed by atoms with Crippen LogP contribution in [-0.2, 0) is 32.2 Å². The topological polar surface area (TPSA) is 80.8 Å². The number of nitrogens with zero attached hydrogens (tertiary/aromatic N) is 1. The molecule has 0 bridgehead atoms. The molecule has 2 aliphatic rings. The summed E-state index contributed by atoms with van der Waals surface area (Å²) in [6.45, 7) is 1.87. The fraction of sp³-hybridized carbons (Fsp3) is 0.647. The Bertz CT molecular complexity index is 768. The van der Waals surface area contributed by atoms with Gasteiger partial charge in [0.1, 0.15) is 0 Å². The van der Waals surface area contributed by atoms with Crippen molar-refractivity contribution in [3.05, 3.63) is 21.4 Å². The molecule has 0 saturated carbocycles. The highest BCUT2D eigenvalue weighted by atomic mass is 32.2. The molecule has 1 aromatic heterocycles. The maximum atomic E-state index is 12.4. The molecule has 1 saturated heterocycles. The summed E-state index contributed by atoms with van der Waals surface area (Å²) in [6, 6.07) is -0.310. The monoisotopic (exact) mass is 385 g/mol. The van der Waals surface area contributed by atoms with Crippen molar-refractivity contribution in [2.45, 2.75) is 45.1 Å². The molecule has 1 atom stereocenters. The lowest BCUT2D eigenvalue weighted by atomic mass is 9.96. The van der Waals surface area contributed by atoms with Crippen LogP contribution in [0.25, 0.3) is 0 Å². The van der Waals surface area contributed by atoms with E-state index < -0.39 is 15.8 Å². The van der Waals surface area contributed by atoms with Crippen molar-refractivity contribution in [3.63, 3.8) is 0 Å². The lowest BCUT2D eigenvalue weighted by Gasteiger charge is -2.26. The second-order valence-electron chi connectivity index (χ2n) is 6.57. The third-order valence-electron chi connectivity index (χ3n) is 4.92. The first-order valence-electron chi connectivity index (χ1n) is 8.67.